The van der Waals surface area contributed by atoms with Crippen LogP contribution in [0.4, 0.5) is 4.39 Å². The average Bonchev–Trinajstić information content (AvgIpc) is 3.37. The Hall–Kier alpha value is -2.54. The van der Waals surface area contributed by atoms with Crippen LogP contribution in [0.25, 0.3) is 11.5 Å². The van der Waals surface area contributed by atoms with E-state index in [-0.39, 0.29) is 24.3 Å². The third-order valence-corrected chi connectivity index (χ3v) is 5.64. The molecule has 0 atom stereocenters. The summed E-state index contributed by atoms with van der Waals surface area (Å²) in [6, 6.07) is 13.7. The van der Waals surface area contributed by atoms with Crippen molar-refractivity contribution in [1.29, 1.82) is 0 Å². The predicted octanol–water partition coefficient (Wildman–Crippen LogP) is 5.19. The summed E-state index contributed by atoms with van der Waals surface area (Å²) in [5.41, 5.74) is 0.632. The molecule has 144 valence electrons. The molecule has 1 heterocycles. The lowest BCUT2D eigenvalue weighted by molar-refractivity contribution is -0.152. The van der Waals surface area contributed by atoms with Crippen LogP contribution in [-0.4, -0.2) is 16.2 Å². The molecule has 0 spiro atoms. The minimum Gasteiger partial charge on any atom is -0.455 e. The van der Waals surface area contributed by atoms with Crippen LogP contribution >= 0.6 is 15.9 Å². The molecule has 1 aliphatic rings. The molecule has 0 N–H and O–H groups in total. The molecule has 28 heavy (non-hydrogen) atoms. The van der Waals surface area contributed by atoms with Gasteiger partial charge in [0.2, 0.25) is 5.89 Å². The number of carbonyl (C=O) groups is 1. The topological polar surface area (TPSA) is 65.2 Å². The Balaban J connectivity index is 1.48. The molecule has 1 aromatic heterocycles. The summed E-state index contributed by atoms with van der Waals surface area (Å²) in [5, 5.41) is 7.96. The fourth-order valence-corrected chi connectivity index (χ4v) is 3.93. The number of hydrogen-bond acceptors (Lipinski definition) is 5. The molecule has 4 rings (SSSR count). The number of halogens is 2. The van der Waals surface area contributed by atoms with Crippen LogP contribution in [0.3, 0.4) is 0 Å². The van der Waals surface area contributed by atoms with Crippen molar-refractivity contribution in [3.8, 4) is 11.5 Å². The molecule has 0 radical (unpaired) electrons. The molecule has 0 amide bonds. The smallest absolute Gasteiger partial charge is 0.317 e. The highest BCUT2D eigenvalue weighted by molar-refractivity contribution is 9.10. The Morgan fingerprint density at radius 2 is 1.89 bits per heavy atom. The van der Waals surface area contributed by atoms with Crippen molar-refractivity contribution in [2.45, 2.75) is 37.7 Å². The van der Waals surface area contributed by atoms with Crippen molar-refractivity contribution in [3.05, 3.63) is 70.3 Å². The number of benzene rings is 2. The standard InChI is InChI=1S/C21H18BrFN2O3/c22-16-8-6-14(7-9-16)19-25-24-18(28-19)13-27-20(26)21(10-1-2-11-21)15-4-3-5-17(23)12-15/h3-9,12H,1-2,10-11,13H2. The Kier molecular flexibility index (Phi) is 5.26. The minimum absolute atomic E-state index is 0.112. The lowest BCUT2D eigenvalue weighted by Gasteiger charge is -2.26. The lowest BCUT2D eigenvalue weighted by Crippen LogP contribution is -2.34. The zero-order valence-corrected chi connectivity index (χ0v) is 16.6. The van der Waals surface area contributed by atoms with E-state index in [1.807, 2.05) is 24.3 Å². The van der Waals surface area contributed by atoms with Crippen LogP contribution in [0.2, 0.25) is 0 Å². The van der Waals surface area contributed by atoms with Gasteiger partial charge in [0.25, 0.3) is 5.89 Å². The van der Waals surface area contributed by atoms with Gasteiger partial charge in [-0.2, -0.15) is 0 Å². The van der Waals surface area contributed by atoms with Gasteiger partial charge in [-0.1, -0.05) is 40.9 Å². The summed E-state index contributed by atoms with van der Waals surface area (Å²) in [6.45, 7) is -0.112. The van der Waals surface area contributed by atoms with Crippen LogP contribution in [0, 0.1) is 5.82 Å². The van der Waals surface area contributed by atoms with E-state index in [0.717, 1.165) is 22.9 Å². The van der Waals surface area contributed by atoms with Gasteiger partial charge in [-0.25, -0.2) is 4.39 Å². The van der Waals surface area contributed by atoms with Crippen molar-refractivity contribution in [2.75, 3.05) is 0 Å². The van der Waals surface area contributed by atoms with Crippen molar-refractivity contribution in [3.63, 3.8) is 0 Å². The molecule has 0 unspecified atom stereocenters. The normalized spacial score (nSPS) is 15.5. The maximum atomic E-state index is 13.7. The average molecular weight is 445 g/mol. The van der Waals surface area contributed by atoms with Gasteiger partial charge in [0.15, 0.2) is 6.61 Å². The summed E-state index contributed by atoms with van der Waals surface area (Å²) in [6.07, 6.45) is 3.09. The molecule has 2 aromatic carbocycles. The van der Waals surface area contributed by atoms with Crippen molar-refractivity contribution in [1.82, 2.24) is 10.2 Å². The van der Waals surface area contributed by atoms with Gasteiger partial charge in [-0.05, 0) is 54.8 Å². The third kappa shape index (κ3) is 3.71. The second kappa shape index (κ2) is 7.83. The molecule has 1 saturated carbocycles. The van der Waals surface area contributed by atoms with E-state index in [9.17, 15) is 9.18 Å². The number of aromatic nitrogens is 2. The van der Waals surface area contributed by atoms with Gasteiger partial charge in [0.1, 0.15) is 5.82 Å². The molecular formula is C21H18BrFN2O3. The summed E-state index contributed by atoms with van der Waals surface area (Å²) >= 11 is 3.38. The number of nitrogens with zero attached hydrogens (tertiary/aromatic N) is 2. The summed E-state index contributed by atoms with van der Waals surface area (Å²) in [4.78, 5) is 12.9. The Morgan fingerprint density at radius 1 is 1.14 bits per heavy atom. The van der Waals surface area contributed by atoms with Crippen LogP contribution in [-0.2, 0) is 21.6 Å². The van der Waals surface area contributed by atoms with Gasteiger partial charge in [-0.3, -0.25) is 4.79 Å². The van der Waals surface area contributed by atoms with E-state index in [4.69, 9.17) is 9.15 Å². The molecule has 0 saturated heterocycles. The van der Waals surface area contributed by atoms with E-state index in [0.29, 0.717) is 24.3 Å². The molecule has 1 fully saturated rings. The number of hydrogen-bond donors (Lipinski definition) is 0. The quantitative estimate of drug-likeness (QED) is 0.506. The summed E-state index contributed by atoms with van der Waals surface area (Å²) in [7, 11) is 0. The Labute approximate surface area is 170 Å². The second-order valence-electron chi connectivity index (χ2n) is 6.88. The largest absolute Gasteiger partial charge is 0.455 e. The fourth-order valence-electron chi connectivity index (χ4n) is 3.66. The summed E-state index contributed by atoms with van der Waals surface area (Å²) < 4.78 is 25.8. The highest BCUT2D eigenvalue weighted by Gasteiger charge is 2.44. The zero-order valence-electron chi connectivity index (χ0n) is 15.0. The van der Waals surface area contributed by atoms with E-state index in [2.05, 4.69) is 26.1 Å². The molecule has 7 heteroatoms. The Bertz CT molecular complexity index is 981. The lowest BCUT2D eigenvalue weighted by atomic mass is 9.79. The monoisotopic (exact) mass is 444 g/mol. The first-order valence-corrected chi connectivity index (χ1v) is 9.88. The van der Waals surface area contributed by atoms with Crippen LogP contribution in [0.15, 0.2) is 57.4 Å². The first-order valence-electron chi connectivity index (χ1n) is 9.08. The molecule has 0 bridgehead atoms. The summed E-state index contributed by atoms with van der Waals surface area (Å²) in [5.74, 6) is -0.149. The van der Waals surface area contributed by atoms with E-state index < -0.39 is 5.41 Å². The number of esters is 1. The first-order chi connectivity index (χ1) is 13.6. The van der Waals surface area contributed by atoms with Gasteiger partial charge < -0.3 is 9.15 Å². The minimum atomic E-state index is -0.809. The highest BCUT2D eigenvalue weighted by Crippen LogP contribution is 2.42. The van der Waals surface area contributed by atoms with Crippen molar-refractivity contribution in [2.24, 2.45) is 0 Å². The molecule has 3 aromatic rings. The fraction of sp³-hybridized carbons (Fsp3) is 0.286. The van der Waals surface area contributed by atoms with Crippen molar-refractivity contribution >= 4 is 21.9 Å². The Morgan fingerprint density at radius 3 is 2.61 bits per heavy atom. The maximum absolute atomic E-state index is 13.7. The van der Waals surface area contributed by atoms with Crippen LogP contribution in [0.1, 0.15) is 37.1 Å². The van der Waals surface area contributed by atoms with Crippen LogP contribution < -0.4 is 0 Å². The molecule has 5 nitrogen and oxygen atoms in total. The SMILES string of the molecule is O=C(OCc1nnc(-c2ccc(Br)cc2)o1)C1(c2cccc(F)c2)CCCC1. The number of rotatable bonds is 5. The van der Waals surface area contributed by atoms with Gasteiger partial charge in [0.05, 0.1) is 5.41 Å². The molecule has 1 aliphatic carbocycles. The third-order valence-electron chi connectivity index (χ3n) is 5.11. The van der Waals surface area contributed by atoms with E-state index >= 15 is 0 Å². The molecular weight excluding hydrogens is 427 g/mol. The second-order valence-corrected chi connectivity index (χ2v) is 7.80. The van der Waals surface area contributed by atoms with Crippen molar-refractivity contribution < 1.29 is 18.3 Å². The highest BCUT2D eigenvalue weighted by atomic mass is 79.9. The molecule has 0 aliphatic heterocycles. The van der Waals surface area contributed by atoms with E-state index in [1.165, 1.54) is 12.1 Å². The van der Waals surface area contributed by atoms with Gasteiger partial charge in [0, 0.05) is 10.0 Å². The van der Waals surface area contributed by atoms with Gasteiger partial charge in [-0.15, -0.1) is 10.2 Å². The number of ether oxygens (including phenoxy) is 1. The zero-order chi connectivity index (χ0) is 19.6. The van der Waals surface area contributed by atoms with Crippen LogP contribution in [0.5, 0.6) is 0 Å². The first kappa shape index (κ1) is 18.8. The predicted molar refractivity (Wildman–Crippen MR) is 104 cm³/mol. The maximum Gasteiger partial charge on any atom is 0.317 e. The van der Waals surface area contributed by atoms with Gasteiger partial charge >= 0.3 is 5.97 Å². The van der Waals surface area contributed by atoms with E-state index in [1.54, 1.807) is 12.1 Å². The number of carbonyl (C=O) groups excluding carboxylic acids is 1.